The molecule has 0 saturated heterocycles. The summed E-state index contributed by atoms with van der Waals surface area (Å²) in [4.78, 5) is 4.84. The number of nitrogens with zero attached hydrogens (tertiary/aromatic N) is 1. The molecule has 0 bridgehead atoms. The van der Waals surface area contributed by atoms with E-state index in [0.717, 1.165) is 11.4 Å². The highest BCUT2D eigenvalue weighted by Crippen LogP contribution is 2.20. The highest BCUT2D eigenvalue weighted by atomic mass is 15.3. The summed E-state index contributed by atoms with van der Waals surface area (Å²) in [6.07, 6.45) is 7.66. The fraction of sp³-hybridized carbons (Fsp3) is 0.562. The van der Waals surface area contributed by atoms with Gasteiger partial charge in [0.1, 0.15) is 5.84 Å². The molecule has 2 rings (SSSR count). The van der Waals surface area contributed by atoms with Gasteiger partial charge in [-0.25, -0.2) is 5.84 Å². The molecule has 0 aromatic heterocycles. The third-order valence-corrected chi connectivity index (χ3v) is 4.05. The van der Waals surface area contributed by atoms with E-state index in [1.165, 1.54) is 49.7 Å². The minimum atomic E-state index is 0.426. The Hall–Kier alpha value is -1.35. The lowest BCUT2D eigenvalue weighted by Crippen LogP contribution is -2.32. The van der Waals surface area contributed by atoms with Gasteiger partial charge in [0.15, 0.2) is 0 Å². The van der Waals surface area contributed by atoms with Crippen LogP contribution >= 0.6 is 0 Å². The molecule has 1 aromatic carbocycles. The summed E-state index contributed by atoms with van der Waals surface area (Å²) >= 11 is 0. The van der Waals surface area contributed by atoms with Gasteiger partial charge in [-0.1, -0.05) is 37.8 Å². The number of hydrogen-bond acceptors (Lipinski definition) is 2. The molecule has 3 nitrogen and oxygen atoms in total. The third-order valence-electron chi connectivity index (χ3n) is 4.05. The molecule has 0 heterocycles. The second-order valence-corrected chi connectivity index (χ2v) is 5.57. The number of nitrogens with two attached hydrogens (primary N) is 1. The first-order chi connectivity index (χ1) is 9.20. The molecule has 1 fully saturated rings. The van der Waals surface area contributed by atoms with Crippen LogP contribution in [-0.4, -0.2) is 11.9 Å². The van der Waals surface area contributed by atoms with E-state index in [-0.39, 0.29) is 0 Å². The number of hydrogen-bond donors (Lipinski definition) is 2. The number of amidine groups is 1. The number of benzene rings is 1. The SMILES string of the molecule is Cc1ccc(C(=NC2CCCCCC2)NN)cc1C. The zero-order valence-corrected chi connectivity index (χ0v) is 12.1. The van der Waals surface area contributed by atoms with Gasteiger partial charge in [-0.3, -0.25) is 4.99 Å². The quantitative estimate of drug-likeness (QED) is 0.282. The minimum Gasteiger partial charge on any atom is -0.308 e. The van der Waals surface area contributed by atoms with Gasteiger partial charge in [0.05, 0.1) is 6.04 Å². The van der Waals surface area contributed by atoms with Crippen LogP contribution in [-0.2, 0) is 0 Å². The molecule has 0 amide bonds. The lowest BCUT2D eigenvalue weighted by atomic mass is 10.1. The number of nitrogens with one attached hydrogen (secondary N) is 1. The van der Waals surface area contributed by atoms with Crippen molar-refractivity contribution in [3.05, 3.63) is 34.9 Å². The first-order valence-electron chi connectivity index (χ1n) is 7.33. The van der Waals surface area contributed by atoms with Crippen LogP contribution in [0.15, 0.2) is 23.2 Å². The topological polar surface area (TPSA) is 50.4 Å². The van der Waals surface area contributed by atoms with Gasteiger partial charge in [-0.15, -0.1) is 0 Å². The Balaban J connectivity index is 2.19. The zero-order chi connectivity index (χ0) is 13.7. The zero-order valence-electron chi connectivity index (χ0n) is 12.1. The van der Waals surface area contributed by atoms with E-state index in [1.807, 2.05) is 0 Å². The smallest absolute Gasteiger partial charge is 0.142 e. The van der Waals surface area contributed by atoms with Crippen molar-refractivity contribution in [1.29, 1.82) is 0 Å². The van der Waals surface area contributed by atoms with Crippen molar-refractivity contribution in [3.8, 4) is 0 Å². The largest absolute Gasteiger partial charge is 0.308 e. The van der Waals surface area contributed by atoms with Crippen molar-refractivity contribution in [2.75, 3.05) is 0 Å². The Morgan fingerprint density at radius 3 is 2.37 bits per heavy atom. The standard InChI is InChI=1S/C16H25N3/c1-12-9-10-14(11-13(12)2)16(19-17)18-15-7-5-3-4-6-8-15/h9-11,15H,3-8,17H2,1-2H3,(H,18,19). The maximum Gasteiger partial charge on any atom is 0.142 e. The minimum absolute atomic E-state index is 0.426. The summed E-state index contributed by atoms with van der Waals surface area (Å²) in [5, 5.41) is 0. The molecular weight excluding hydrogens is 234 g/mol. The average Bonchev–Trinajstić information content (AvgIpc) is 2.68. The molecule has 19 heavy (non-hydrogen) atoms. The number of aryl methyl sites for hydroxylation is 2. The first-order valence-corrected chi connectivity index (χ1v) is 7.33. The molecule has 1 aliphatic rings. The first kappa shape index (κ1) is 14.1. The number of aliphatic imine (C=N–C) groups is 1. The summed E-state index contributed by atoms with van der Waals surface area (Å²) in [7, 11) is 0. The maximum absolute atomic E-state index is 5.67. The normalized spacial score (nSPS) is 18.2. The molecule has 0 spiro atoms. The fourth-order valence-corrected chi connectivity index (χ4v) is 2.65. The van der Waals surface area contributed by atoms with Gasteiger partial charge >= 0.3 is 0 Å². The lowest BCUT2D eigenvalue weighted by Gasteiger charge is -2.13. The van der Waals surface area contributed by atoms with Gasteiger partial charge in [0, 0.05) is 5.56 Å². The van der Waals surface area contributed by atoms with E-state index in [2.05, 4.69) is 37.5 Å². The summed E-state index contributed by atoms with van der Waals surface area (Å²) < 4.78 is 0. The van der Waals surface area contributed by atoms with Crippen molar-refractivity contribution in [3.63, 3.8) is 0 Å². The van der Waals surface area contributed by atoms with Gasteiger partial charge in [-0.05, 0) is 43.9 Å². The van der Waals surface area contributed by atoms with Crippen LogP contribution in [0.1, 0.15) is 55.2 Å². The van der Waals surface area contributed by atoms with Crippen LogP contribution in [0.4, 0.5) is 0 Å². The highest BCUT2D eigenvalue weighted by molar-refractivity contribution is 5.98. The highest BCUT2D eigenvalue weighted by Gasteiger charge is 2.13. The Morgan fingerprint density at radius 2 is 1.79 bits per heavy atom. The molecular formula is C16H25N3. The monoisotopic (exact) mass is 259 g/mol. The van der Waals surface area contributed by atoms with Crippen molar-refractivity contribution < 1.29 is 0 Å². The van der Waals surface area contributed by atoms with Crippen LogP contribution < -0.4 is 11.3 Å². The molecule has 0 radical (unpaired) electrons. The van der Waals surface area contributed by atoms with E-state index in [1.54, 1.807) is 0 Å². The molecule has 1 aromatic rings. The second kappa shape index (κ2) is 6.71. The predicted octanol–water partition coefficient (Wildman–Crippen LogP) is 3.24. The van der Waals surface area contributed by atoms with Crippen molar-refractivity contribution in [2.24, 2.45) is 10.8 Å². The van der Waals surface area contributed by atoms with Crippen LogP contribution in [0.25, 0.3) is 0 Å². The molecule has 0 unspecified atom stereocenters. The Kier molecular flexibility index (Phi) is 4.97. The van der Waals surface area contributed by atoms with Crippen LogP contribution in [0.2, 0.25) is 0 Å². The van der Waals surface area contributed by atoms with E-state index in [4.69, 9.17) is 10.8 Å². The molecule has 1 aliphatic carbocycles. The van der Waals surface area contributed by atoms with Gasteiger partial charge < -0.3 is 5.43 Å². The molecule has 3 heteroatoms. The van der Waals surface area contributed by atoms with Gasteiger partial charge in [-0.2, -0.15) is 0 Å². The van der Waals surface area contributed by atoms with Crippen LogP contribution in [0.5, 0.6) is 0 Å². The molecule has 1 saturated carbocycles. The fourth-order valence-electron chi connectivity index (χ4n) is 2.65. The molecule has 0 atom stereocenters. The van der Waals surface area contributed by atoms with E-state index in [9.17, 15) is 0 Å². The van der Waals surface area contributed by atoms with Crippen molar-refractivity contribution >= 4 is 5.84 Å². The summed E-state index contributed by atoms with van der Waals surface area (Å²) in [6.45, 7) is 4.25. The summed E-state index contributed by atoms with van der Waals surface area (Å²) in [5.74, 6) is 6.50. The maximum atomic E-state index is 5.67. The predicted molar refractivity (Wildman–Crippen MR) is 81.3 cm³/mol. The summed E-state index contributed by atoms with van der Waals surface area (Å²) in [6, 6.07) is 6.81. The number of hydrazine groups is 1. The van der Waals surface area contributed by atoms with Crippen LogP contribution in [0.3, 0.4) is 0 Å². The van der Waals surface area contributed by atoms with Gasteiger partial charge in [0.25, 0.3) is 0 Å². The lowest BCUT2D eigenvalue weighted by molar-refractivity contribution is 0.583. The second-order valence-electron chi connectivity index (χ2n) is 5.57. The average molecular weight is 259 g/mol. The summed E-state index contributed by atoms with van der Waals surface area (Å²) in [5.41, 5.74) is 6.45. The van der Waals surface area contributed by atoms with E-state index in [0.29, 0.717) is 6.04 Å². The van der Waals surface area contributed by atoms with E-state index < -0.39 is 0 Å². The Morgan fingerprint density at radius 1 is 1.11 bits per heavy atom. The third kappa shape index (κ3) is 3.80. The molecule has 104 valence electrons. The number of rotatable bonds is 2. The van der Waals surface area contributed by atoms with Crippen molar-refractivity contribution in [2.45, 2.75) is 58.4 Å². The van der Waals surface area contributed by atoms with Crippen molar-refractivity contribution in [1.82, 2.24) is 5.43 Å². The van der Waals surface area contributed by atoms with Crippen LogP contribution in [0, 0.1) is 13.8 Å². The Labute approximate surface area is 116 Å². The Bertz CT molecular complexity index is 443. The van der Waals surface area contributed by atoms with Gasteiger partial charge in [0.2, 0.25) is 0 Å². The van der Waals surface area contributed by atoms with E-state index >= 15 is 0 Å². The molecule has 3 N–H and O–H groups in total. The molecule has 0 aliphatic heterocycles.